The highest BCUT2D eigenvalue weighted by Crippen LogP contribution is 2.25. The van der Waals surface area contributed by atoms with Crippen molar-refractivity contribution in [3.8, 4) is 0 Å². The molecule has 136 valence electrons. The van der Waals surface area contributed by atoms with E-state index in [4.69, 9.17) is 8.85 Å². The van der Waals surface area contributed by atoms with Crippen molar-refractivity contribution in [2.24, 2.45) is 0 Å². The zero-order valence-corrected chi connectivity index (χ0v) is 18.5. The number of benzene rings is 2. The summed E-state index contributed by atoms with van der Waals surface area (Å²) in [4.78, 5) is 0. The fraction of sp³-hybridized carbons (Fsp3) is 0.429. The molecule has 2 aromatic rings. The Morgan fingerprint density at radius 2 is 1.08 bits per heavy atom. The summed E-state index contributed by atoms with van der Waals surface area (Å²) in [6.45, 7) is 13.2. The molecule has 0 aliphatic rings. The molecule has 25 heavy (non-hydrogen) atoms. The van der Waals surface area contributed by atoms with Gasteiger partial charge in [-0.05, 0) is 56.8 Å². The van der Waals surface area contributed by atoms with Gasteiger partial charge in [-0.15, -0.1) is 0 Å². The second kappa shape index (κ2) is 8.45. The summed E-state index contributed by atoms with van der Waals surface area (Å²) in [5, 5.41) is 2.67. The topological polar surface area (TPSA) is 18.5 Å². The Morgan fingerprint density at radius 1 is 0.680 bits per heavy atom. The minimum atomic E-state index is -2.38. The summed E-state index contributed by atoms with van der Waals surface area (Å²) in [7, 11) is -4.27. The first-order valence-electron chi connectivity index (χ1n) is 9.22. The lowest BCUT2D eigenvalue weighted by Gasteiger charge is -2.39. The maximum Gasteiger partial charge on any atom is 0.255 e. The Labute approximate surface area is 155 Å². The van der Waals surface area contributed by atoms with Gasteiger partial charge in [-0.1, -0.05) is 60.7 Å². The van der Waals surface area contributed by atoms with Gasteiger partial charge in [0, 0.05) is 12.2 Å². The van der Waals surface area contributed by atoms with Crippen molar-refractivity contribution >= 4 is 27.0 Å². The number of hydrogen-bond donors (Lipinski definition) is 0. The molecule has 0 atom stereocenters. The molecule has 0 aliphatic heterocycles. The largest absolute Gasteiger partial charge is 0.415 e. The summed E-state index contributed by atoms with van der Waals surface area (Å²) in [6.07, 6.45) is 0.426. The van der Waals surface area contributed by atoms with Crippen LogP contribution in [0.1, 0.15) is 27.7 Å². The van der Waals surface area contributed by atoms with Gasteiger partial charge in [-0.25, -0.2) is 0 Å². The van der Waals surface area contributed by atoms with Crippen LogP contribution in [-0.2, 0) is 8.85 Å². The highest BCUT2D eigenvalue weighted by molar-refractivity contribution is 7.05. The molecule has 0 aromatic heterocycles. The van der Waals surface area contributed by atoms with Crippen LogP contribution in [0.5, 0.6) is 0 Å². The van der Waals surface area contributed by atoms with E-state index in [9.17, 15) is 0 Å². The zero-order valence-electron chi connectivity index (χ0n) is 16.5. The molecule has 0 unspecified atom stereocenters. The van der Waals surface area contributed by atoms with Gasteiger partial charge in [0.2, 0.25) is 0 Å². The Hall–Kier alpha value is -1.21. The van der Waals surface area contributed by atoms with Gasteiger partial charge in [-0.2, -0.15) is 0 Å². The molecule has 2 aromatic carbocycles. The second-order valence-corrected chi connectivity index (χ2v) is 16.0. The summed E-state index contributed by atoms with van der Waals surface area (Å²) in [6, 6.07) is 21.6. The molecule has 0 saturated heterocycles. The first-order chi connectivity index (χ1) is 11.8. The third-order valence-electron chi connectivity index (χ3n) is 4.15. The van der Waals surface area contributed by atoms with Crippen LogP contribution in [0.3, 0.4) is 0 Å². The van der Waals surface area contributed by atoms with Crippen molar-refractivity contribution in [1.29, 1.82) is 0 Å². The molecule has 0 radical (unpaired) electrons. The Kier molecular flexibility index (Phi) is 6.80. The molecule has 0 bridgehead atoms. The molecule has 0 aliphatic carbocycles. The Bertz CT molecular complexity index is 600. The standard InChI is InChI=1S/C21H32O2Si2/c1-18(2)22-24(5,6)17-25(23-19(3)4,20-13-9-7-10-14-20)21-15-11-8-12-16-21/h7-16,18-19H,17H2,1-6H3. The third-order valence-corrected chi connectivity index (χ3v) is 14.1. The van der Waals surface area contributed by atoms with Gasteiger partial charge in [0.25, 0.3) is 8.32 Å². The lowest BCUT2D eigenvalue weighted by atomic mass is 10.4. The number of hydrogen-bond acceptors (Lipinski definition) is 2. The predicted octanol–water partition coefficient (Wildman–Crippen LogP) is 4.34. The molecule has 0 fully saturated rings. The summed E-state index contributed by atoms with van der Waals surface area (Å²) < 4.78 is 13.2. The molecule has 2 nitrogen and oxygen atoms in total. The lowest BCUT2D eigenvalue weighted by molar-refractivity contribution is 0.224. The summed E-state index contributed by atoms with van der Waals surface area (Å²) in [5.74, 6) is 0. The van der Waals surface area contributed by atoms with Crippen LogP contribution in [-0.4, -0.2) is 28.8 Å². The van der Waals surface area contributed by atoms with E-state index in [1.165, 1.54) is 10.4 Å². The molecule has 0 N–H and O–H groups in total. The van der Waals surface area contributed by atoms with E-state index in [2.05, 4.69) is 101 Å². The van der Waals surface area contributed by atoms with Crippen molar-refractivity contribution in [3.63, 3.8) is 0 Å². The van der Waals surface area contributed by atoms with Gasteiger partial charge in [0.1, 0.15) is 0 Å². The van der Waals surface area contributed by atoms with Gasteiger partial charge < -0.3 is 8.85 Å². The first kappa shape index (κ1) is 20.1. The van der Waals surface area contributed by atoms with Crippen molar-refractivity contribution in [2.45, 2.75) is 58.7 Å². The molecule has 4 heteroatoms. The predicted molar refractivity (Wildman–Crippen MR) is 113 cm³/mol. The fourth-order valence-corrected chi connectivity index (χ4v) is 14.9. The van der Waals surface area contributed by atoms with Crippen LogP contribution in [0.2, 0.25) is 18.8 Å². The van der Waals surface area contributed by atoms with Crippen LogP contribution in [0, 0.1) is 0 Å². The molecule has 0 saturated carbocycles. The molecule has 2 rings (SSSR count). The maximum atomic E-state index is 6.82. The van der Waals surface area contributed by atoms with Crippen molar-refractivity contribution in [3.05, 3.63) is 60.7 Å². The monoisotopic (exact) mass is 372 g/mol. The third kappa shape index (κ3) is 5.38. The van der Waals surface area contributed by atoms with Gasteiger partial charge in [-0.3, -0.25) is 0 Å². The van der Waals surface area contributed by atoms with E-state index in [1.54, 1.807) is 0 Å². The normalized spacial score (nSPS) is 12.8. The minimum absolute atomic E-state index is 0.177. The average molecular weight is 373 g/mol. The van der Waals surface area contributed by atoms with Crippen LogP contribution in [0.25, 0.3) is 0 Å². The van der Waals surface area contributed by atoms with Crippen LogP contribution >= 0.6 is 0 Å². The first-order valence-corrected chi connectivity index (χ1v) is 14.4. The van der Waals surface area contributed by atoms with Crippen molar-refractivity contribution in [1.82, 2.24) is 0 Å². The quantitative estimate of drug-likeness (QED) is 0.642. The van der Waals surface area contributed by atoms with Crippen molar-refractivity contribution < 1.29 is 8.85 Å². The molecular weight excluding hydrogens is 340 g/mol. The van der Waals surface area contributed by atoms with Crippen LogP contribution in [0.4, 0.5) is 0 Å². The van der Waals surface area contributed by atoms with E-state index in [1.807, 2.05) is 0 Å². The molecular formula is C21H32O2Si2. The lowest BCUT2D eigenvalue weighted by Crippen LogP contribution is -2.65. The highest BCUT2D eigenvalue weighted by Gasteiger charge is 2.46. The SMILES string of the molecule is CC(C)O[Si](C)(C)C[Si](OC(C)C)(c1ccccc1)c1ccccc1. The zero-order chi connectivity index (χ0) is 18.5. The van der Waals surface area contributed by atoms with Gasteiger partial charge in [0.05, 0.1) is 0 Å². The molecule has 0 amide bonds. The van der Waals surface area contributed by atoms with E-state index in [0.717, 1.165) is 5.67 Å². The average Bonchev–Trinajstić information content (AvgIpc) is 2.54. The van der Waals surface area contributed by atoms with Crippen LogP contribution < -0.4 is 10.4 Å². The second-order valence-electron chi connectivity index (χ2n) is 7.83. The summed E-state index contributed by atoms with van der Waals surface area (Å²) in [5.41, 5.74) is 1.02. The van der Waals surface area contributed by atoms with E-state index in [0.29, 0.717) is 0 Å². The van der Waals surface area contributed by atoms with Crippen LogP contribution in [0.15, 0.2) is 60.7 Å². The Balaban J connectivity index is 2.59. The van der Waals surface area contributed by atoms with Crippen molar-refractivity contribution in [2.75, 3.05) is 0 Å². The fourth-order valence-electron chi connectivity index (χ4n) is 3.64. The van der Waals surface area contributed by atoms with Gasteiger partial charge >= 0.3 is 0 Å². The maximum absolute atomic E-state index is 6.82. The molecule has 0 heterocycles. The molecule has 0 spiro atoms. The highest BCUT2D eigenvalue weighted by atomic mass is 28.4. The van der Waals surface area contributed by atoms with Gasteiger partial charge in [0.15, 0.2) is 8.32 Å². The number of rotatable bonds is 8. The van der Waals surface area contributed by atoms with E-state index < -0.39 is 16.6 Å². The minimum Gasteiger partial charge on any atom is -0.415 e. The van der Waals surface area contributed by atoms with E-state index >= 15 is 0 Å². The van der Waals surface area contributed by atoms with E-state index in [-0.39, 0.29) is 12.2 Å². The smallest absolute Gasteiger partial charge is 0.255 e. The summed E-state index contributed by atoms with van der Waals surface area (Å²) >= 11 is 0. The Morgan fingerprint density at radius 3 is 1.44 bits per heavy atom.